The lowest BCUT2D eigenvalue weighted by Crippen LogP contribution is -2.52. The summed E-state index contributed by atoms with van der Waals surface area (Å²) < 4.78 is 5.24. The van der Waals surface area contributed by atoms with Gasteiger partial charge in [0.05, 0.1) is 11.3 Å². The van der Waals surface area contributed by atoms with Gasteiger partial charge in [0.2, 0.25) is 5.91 Å². The Kier molecular flexibility index (Phi) is 6.51. The molecule has 0 aromatic rings. The molecule has 1 saturated heterocycles. The SMILES string of the molecule is CCCCSC(C)C(=O)NC1(C#N)CCOCC1. The highest BCUT2D eigenvalue weighted by atomic mass is 32.2. The number of nitriles is 1. The molecular formula is C13H22N2O2S. The number of nitrogens with one attached hydrogen (secondary N) is 1. The molecule has 5 heteroatoms. The second kappa shape index (κ2) is 7.65. The average Bonchev–Trinajstić information content (AvgIpc) is 2.40. The summed E-state index contributed by atoms with van der Waals surface area (Å²) in [4.78, 5) is 12.0. The molecule has 1 unspecified atom stereocenters. The summed E-state index contributed by atoms with van der Waals surface area (Å²) in [6.45, 7) is 5.13. The first-order valence-corrected chi connectivity index (χ1v) is 7.61. The van der Waals surface area contributed by atoms with E-state index < -0.39 is 5.54 Å². The molecule has 0 aromatic carbocycles. The maximum atomic E-state index is 12.0. The van der Waals surface area contributed by atoms with Crippen LogP contribution in [0, 0.1) is 11.3 Å². The van der Waals surface area contributed by atoms with E-state index in [0.29, 0.717) is 26.1 Å². The largest absolute Gasteiger partial charge is 0.381 e. The molecule has 0 aromatic heterocycles. The van der Waals surface area contributed by atoms with Crippen LogP contribution in [0.5, 0.6) is 0 Å². The van der Waals surface area contributed by atoms with Crippen LogP contribution in [-0.4, -0.2) is 35.7 Å². The second-order valence-corrected chi connectivity index (χ2v) is 6.11. The number of hydrogen-bond acceptors (Lipinski definition) is 4. The number of hydrogen-bond donors (Lipinski definition) is 1. The van der Waals surface area contributed by atoms with Crippen molar-refractivity contribution in [2.24, 2.45) is 0 Å². The minimum Gasteiger partial charge on any atom is -0.381 e. The summed E-state index contributed by atoms with van der Waals surface area (Å²) in [5.41, 5.74) is -0.713. The van der Waals surface area contributed by atoms with Gasteiger partial charge in [-0.1, -0.05) is 13.3 Å². The zero-order valence-corrected chi connectivity index (χ0v) is 12.0. The number of nitrogens with zero attached hydrogens (tertiary/aromatic N) is 1. The lowest BCUT2D eigenvalue weighted by atomic mass is 9.91. The topological polar surface area (TPSA) is 62.1 Å². The molecule has 1 heterocycles. The number of thioether (sulfide) groups is 1. The van der Waals surface area contributed by atoms with Crippen molar-refractivity contribution in [2.45, 2.75) is 50.3 Å². The molecule has 1 atom stereocenters. The van der Waals surface area contributed by atoms with Crippen LogP contribution in [0.25, 0.3) is 0 Å². The third kappa shape index (κ3) is 4.51. The minimum absolute atomic E-state index is 0.0282. The van der Waals surface area contributed by atoms with Crippen LogP contribution >= 0.6 is 11.8 Å². The van der Waals surface area contributed by atoms with Gasteiger partial charge in [0.25, 0.3) is 0 Å². The van der Waals surface area contributed by atoms with E-state index >= 15 is 0 Å². The Morgan fingerprint density at radius 2 is 2.22 bits per heavy atom. The molecule has 1 rings (SSSR count). The Bertz CT molecular complexity index is 309. The Morgan fingerprint density at radius 1 is 1.56 bits per heavy atom. The Balaban J connectivity index is 2.44. The molecule has 1 aliphatic rings. The van der Waals surface area contributed by atoms with E-state index in [1.807, 2.05) is 6.92 Å². The molecule has 1 N–H and O–H groups in total. The quantitative estimate of drug-likeness (QED) is 0.751. The highest BCUT2D eigenvalue weighted by Gasteiger charge is 2.35. The fourth-order valence-electron chi connectivity index (χ4n) is 1.80. The monoisotopic (exact) mass is 270 g/mol. The van der Waals surface area contributed by atoms with Gasteiger partial charge in [0.15, 0.2) is 0 Å². The third-order valence-electron chi connectivity index (χ3n) is 3.16. The van der Waals surface area contributed by atoms with E-state index in [1.54, 1.807) is 11.8 Å². The maximum Gasteiger partial charge on any atom is 0.234 e. The van der Waals surface area contributed by atoms with Crippen molar-refractivity contribution in [2.75, 3.05) is 19.0 Å². The van der Waals surface area contributed by atoms with Crippen LogP contribution in [0.15, 0.2) is 0 Å². The van der Waals surface area contributed by atoms with Crippen LogP contribution in [0.1, 0.15) is 39.5 Å². The summed E-state index contributed by atoms with van der Waals surface area (Å²) in [5, 5.41) is 12.1. The summed E-state index contributed by atoms with van der Waals surface area (Å²) in [6, 6.07) is 2.25. The van der Waals surface area contributed by atoms with Crippen molar-refractivity contribution in [3.63, 3.8) is 0 Å². The summed E-state index contributed by atoms with van der Waals surface area (Å²) in [7, 11) is 0. The number of unbranched alkanes of at least 4 members (excludes halogenated alkanes) is 1. The van der Waals surface area contributed by atoms with Gasteiger partial charge in [-0.05, 0) is 19.1 Å². The second-order valence-electron chi connectivity index (χ2n) is 4.66. The Hall–Kier alpha value is -0.730. The lowest BCUT2D eigenvalue weighted by molar-refractivity contribution is -0.122. The summed E-state index contributed by atoms with van der Waals surface area (Å²) in [6.07, 6.45) is 3.43. The Morgan fingerprint density at radius 3 is 2.78 bits per heavy atom. The zero-order valence-electron chi connectivity index (χ0n) is 11.2. The molecule has 102 valence electrons. The van der Waals surface area contributed by atoms with Crippen molar-refractivity contribution in [1.29, 1.82) is 5.26 Å². The summed E-state index contributed by atoms with van der Waals surface area (Å²) in [5.74, 6) is 0.966. The van der Waals surface area contributed by atoms with Crippen LogP contribution in [0.4, 0.5) is 0 Å². The van der Waals surface area contributed by atoms with Crippen molar-refractivity contribution in [3.8, 4) is 6.07 Å². The van der Waals surface area contributed by atoms with Crippen molar-refractivity contribution < 1.29 is 9.53 Å². The third-order valence-corrected chi connectivity index (χ3v) is 4.40. The molecular weight excluding hydrogens is 248 g/mol. The first-order chi connectivity index (χ1) is 8.63. The molecule has 18 heavy (non-hydrogen) atoms. The van der Waals surface area contributed by atoms with Crippen LogP contribution in [0.3, 0.4) is 0 Å². The van der Waals surface area contributed by atoms with Gasteiger partial charge in [0.1, 0.15) is 5.54 Å². The standard InChI is InChI=1S/C13H22N2O2S/c1-3-4-9-18-11(2)12(16)15-13(10-14)5-7-17-8-6-13/h11H,3-9H2,1-2H3,(H,15,16). The number of amides is 1. The first-order valence-electron chi connectivity index (χ1n) is 6.56. The fourth-order valence-corrected chi connectivity index (χ4v) is 2.82. The van der Waals surface area contributed by atoms with E-state index in [1.165, 1.54) is 0 Å². The van der Waals surface area contributed by atoms with Gasteiger partial charge >= 0.3 is 0 Å². The van der Waals surface area contributed by atoms with Crippen molar-refractivity contribution >= 4 is 17.7 Å². The minimum atomic E-state index is -0.713. The molecule has 0 saturated carbocycles. The predicted molar refractivity (Wildman–Crippen MR) is 73.4 cm³/mol. The first kappa shape index (κ1) is 15.3. The highest BCUT2D eigenvalue weighted by molar-refractivity contribution is 8.00. The van der Waals surface area contributed by atoms with E-state index in [0.717, 1.165) is 18.6 Å². The van der Waals surface area contributed by atoms with Crippen LogP contribution < -0.4 is 5.32 Å². The van der Waals surface area contributed by atoms with Gasteiger partial charge in [-0.3, -0.25) is 4.79 Å². The maximum absolute atomic E-state index is 12.0. The number of rotatable bonds is 6. The summed E-state index contributed by atoms with van der Waals surface area (Å²) >= 11 is 1.65. The van der Waals surface area contributed by atoms with Gasteiger partial charge < -0.3 is 10.1 Å². The number of carbonyl (C=O) groups excluding carboxylic acids is 1. The van der Waals surface area contributed by atoms with Crippen molar-refractivity contribution in [3.05, 3.63) is 0 Å². The van der Waals surface area contributed by atoms with Crippen LogP contribution in [-0.2, 0) is 9.53 Å². The fraction of sp³-hybridized carbons (Fsp3) is 0.846. The van der Waals surface area contributed by atoms with E-state index in [4.69, 9.17) is 4.74 Å². The molecule has 1 fully saturated rings. The molecule has 0 bridgehead atoms. The van der Waals surface area contributed by atoms with Gasteiger partial charge in [0, 0.05) is 26.1 Å². The zero-order chi connectivity index (χ0) is 13.4. The molecule has 0 radical (unpaired) electrons. The molecule has 0 spiro atoms. The number of carbonyl (C=O) groups is 1. The average molecular weight is 270 g/mol. The molecule has 1 amide bonds. The molecule has 1 aliphatic heterocycles. The predicted octanol–water partition coefficient (Wildman–Crippen LogP) is 2.10. The van der Waals surface area contributed by atoms with Crippen LogP contribution in [0.2, 0.25) is 0 Å². The van der Waals surface area contributed by atoms with Gasteiger partial charge in [-0.25, -0.2) is 0 Å². The van der Waals surface area contributed by atoms with Crippen molar-refractivity contribution in [1.82, 2.24) is 5.32 Å². The van der Waals surface area contributed by atoms with Gasteiger partial charge in [-0.2, -0.15) is 5.26 Å². The molecule has 4 nitrogen and oxygen atoms in total. The van der Waals surface area contributed by atoms with Gasteiger partial charge in [-0.15, -0.1) is 11.8 Å². The lowest BCUT2D eigenvalue weighted by Gasteiger charge is -2.32. The van der Waals surface area contributed by atoms with E-state index in [9.17, 15) is 10.1 Å². The molecule has 0 aliphatic carbocycles. The highest BCUT2D eigenvalue weighted by Crippen LogP contribution is 2.21. The smallest absolute Gasteiger partial charge is 0.234 e. The number of ether oxygens (including phenoxy) is 1. The van der Waals surface area contributed by atoms with E-state index in [2.05, 4.69) is 18.3 Å². The Labute approximate surface area is 113 Å². The van der Waals surface area contributed by atoms with E-state index in [-0.39, 0.29) is 11.2 Å². The normalized spacial score (nSPS) is 19.8.